The van der Waals surface area contributed by atoms with Crippen LogP contribution in [0.25, 0.3) is 11.1 Å². The number of hydrogen-bond acceptors (Lipinski definition) is 3. The Hall–Kier alpha value is -2.39. The number of carbonyl (C=O) groups is 1. The molecule has 2 N–H and O–H groups in total. The van der Waals surface area contributed by atoms with E-state index in [0.29, 0.717) is 0 Å². The van der Waals surface area contributed by atoms with Gasteiger partial charge in [0.1, 0.15) is 0 Å². The Kier molecular flexibility index (Phi) is 6.12. The minimum atomic E-state index is -0.241. The second-order valence-electron chi connectivity index (χ2n) is 5.58. The third kappa shape index (κ3) is 4.80. The molecule has 0 aliphatic carbocycles. The summed E-state index contributed by atoms with van der Waals surface area (Å²) in [6.07, 6.45) is 4.06. The zero-order valence-electron chi connectivity index (χ0n) is 13.6. The number of methoxy groups -OCH3 is 1. The van der Waals surface area contributed by atoms with Crippen molar-refractivity contribution in [3.63, 3.8) is 0 Å². The van der Waals surface area contributed by atoms with E-state index in [1.165, 1.54) is 18.2 Å². The molecule has 0 amide bonds. The monoisotopic (exact) mass is 309 g/mol. The van der Waals surface area contributed by atoms with Crippen LogP contribution in [0.2, 0.25) is 0 Å². The lowest BCUT2D eigenvalue weighted by molar-refractivity contribution is -0.139. The normalized spacial score (nSPS) is 13.7. The van der Waals surface area contributed by atoms with E-state index >= 15 is 0 Å². The molecule has 0 heterocycles. The molecule has 0 bridgehead atoms. The lowest BCUT2D eigenvalue weighted by Crippen LogP contribution is -2.17. The predicted octanol–water partition coefficient (Wildman–Crippen LogP) is 4.11. The van der Waals surface area contributed by atoms with Crippen molar-refractivity contribution in [1.82, 2.24) is 0 Å². The molecular formula is C20H23NO2. The molecule has 0 aliphatic rings. The first-order chi connectivity index (χ1) is 11.1. The van der Waals surface area contributed by atoms with Crippen LogP contribution >= 0.6 is 0 Å². The van der Waals surface area contributed by atoms with Crippen LogP contribution in [0.3, 0.4) is 0 Å². The highest BCUT2D eigenvalue weighted by atomic mass is 16.5. The number of carbonyl (C=O) groups excluding carboxylic acids is 1. The fourth-order valence-electron chi connectivity index (χ4n) is 2.41. The Labute approximate surface area is 137 Å². The van der Waals surface area contributed by atoms with Gasteiger partial charge in [-0.2, -0.15) is 0 Å². The highest BCUT2D eigenvalue weighted by molar-refractivity contribution is 5.70. The van der Waals surface area contributed by atoms with Gasteiger partial charge in [-0.15, -0.1) is 0 Å². The summed E-state index contributed by atoms with van der Waals surface area (Å²) in [5.74, 6) is -0.100. The molecule has 0 saturated carbocycles. The summed E-state index contributed by atoms with van der Waals surface area (Å²) < 4.78 is 4.61. The highest BCUT2D eigenvalue weighted by Gasteiger charge is 2.12. The Bertz CT molecular complexity index is 647. The van der Waals surface area contributed by atoms with E-state index in [0.717, 1.165) is 5.56 Å². The highest BCUT2D eigenvalue weighted by Crippen LogP contribution is 2.24. The van der Waals surface area contributed by atoms with Gasteiger partial charge in [-0.3, -0.25) is 4.79 Å². The molecule has 0 fully saturated rings. The SMILES string of the molecule is COC(=O)C/C=C/[C@@H](C)[C@H](N)c1ccc(-c2ccccc2)cc1. The fraction of sp³-hybridized carbons (Fsp3) is 0.250. The average Bonchev–Trinajstić information content (AvgIpc) is 2.61. The molecule has 2 aromatic carbocycles. The summed E-state index contributed by atoms with van der Waals surface area (Å²) in [6, 6.07) is 18.5. The minimum Gasteiger partial charge on any atom is -0.469 e. The van der Waals surface area contributed by atoms with Crippen LogP contribution in [0.4, 0.5) is 0 Å². The molecule has 2 atom stereocenters. The third-order valence-corrected chi connectivity index (χ3v) is 3.92. The van der Waals surface area contributed by atoms with Crippen molar-refractivity contribution < 1.29 is 9.53 Å². The molecule has 2 aromatic rings. The largest absolute Gasteiger partial charge is 0.469 e. The van der Waals surface area contributed by atoms with Crippen LogP contribution in [-0.4, -0.2) is 13.1 Å². The summed E-state index contributed by atoms with van der Waals surface area (Å²) in [4.78, 5) is 11.1. The molecule has 120 valence electrons. The predicted molar refractivity (Wildman–Crippen MR) is 93.7 cm³/mol. The molecule has 0 unspecified atom stereocenters. The Morgan fingerprint density at radius 1 is 1.09 bits per heavy atom. The van der Waals surface area contributed by atoms with Crippen molar-refractivity contribution in [2.75, 3.05) is 7.11 Å². The molecule has 0 aromatic heterocycles. The van der Waals surface area contributed by atoms with E-state index < -0.39 is 0 Å². The molecule has 3 heteroatoms. The van der Waals surface area contributed by atoms with E-state index in [2.05, 4.69) is 41.1 Å². The molecule has 0 aliphatic heterocycles. The molecular weight excluding hydrogens is 286 g/mol. The Balaban J connectivity index is 2.02. The maximum atomic E-state index is 11.1. The zero-order chi connectivity index (χ0) is 16.7. The van der Waals surface area contributed by atoms with Crippen LogP contribution < -0.4 is 5.73 Å². The standard InChI is InChI=1S/C20H23NO2/c1-15(7-6-10-19(22)23-2)20(21)18-13-11-17(12-14-18)16-8-4-3-5-9-16/h3-9,11-15,20H,10,21H2,1-2H3/b7-6+/t15-,20+/m1/s1. The maximum Gasteiger partial charge on any atom is 0.309 e. The van der Waals surface area contributed by atoms with Gasteiger partial charge < -0.3 is 10.5 Å². The second-order valence-corrected chi connectivity index (χ2v) is 5.58. The van der Waals surface area contributed by atoms with Gasteiger partial charge in [0, 0.05) is 6.04 Å². The van der Waals surface area contributed by atoms with Crippen molar-refractivity contribution in [2.24, 2.45) is 11.7 Å². The van der Waals surface area contributed by atoms with Gasteiger partial charge in [-0.05, 0) is 22.6 Å². The van der Waals surface area contributed by atoms with Crippen LogP contribution in [0, 0.1) is 5.92 Å². The second kappa shape index (κ2) is 8.30. The number of ether oxygens (including phenoxy) is 1. The van der Waals surface area contributed by atoms with E-state index in [4.69, 9.17) is 5.73 Å². The number of rotatable bonds is 6. The lowest BCUT2D eigenvalue weighted by atomic mass is 9.93. The van der Waals surface area contributed by atoms with Gasteiger partial charge in [0.05, 0.1) is 13.5 Å². The number of esters is 1. The van der Waals surface area contributed by atoms with Gasteiger partial charge in [0.15, 0.2) is 0 Å². The van der Waals surface area contributed by atoms with Crippen molar-refractivity contribution in [2.45, 2.75) is 19.4 Å². The summed E-state index contributed by atoms with van der Waals surface area (Å²) in [5, 5.41) is 0. The van der Waals surface area contributed by atoms with E-state index in [1.54, 1.807) is 0 Å². The third-order valence-electron chi connectivity index (χ3n) is 3.92. The summed E-state index contributed by atoms with van der Waals surface area (Å²) in [6.45, 7) is 2.05. The topological polar surface area (TPSA) is 52.3 Å². The van der Waals surface area contributed by atoms with Crippen LogP contribution in [-0.2, 0) is 9.53 Å². The number of benzene rings is 2. The van der Waals surface area contributed by atoms with Gasteiger partial charge in [0.25, 0.3) is 0 Å². The van der Waals surface area contributed by atoms with E-state index in [1.807, 2.05) is 37.3 Å². The molecule has 2 rings (SSSR count). The smallest absolute Gasteiger partial charge is 0.309 e. The molecule has 0 saturated heterocycles. The lowest BCUT2D eigenvalue weighted by Gasteiger charge is -2.17. The van der Waals surface area contributed by atoms with Crippen LogP contribution in [0.1, 0.15) is 24.9 Å². The zero-order valence-corrected chi connectivity index (χ0v) is 13.6. The Morgan fingerprint density at radius 2 is 1.70 bits per heavy atom. The van der Waals surface area contributed by atoms with Gasteiger partial charge in [-0.25, -0.2) is 0 Å². The first-order valence-corrected chi connectivity index (χ1v) is 7.76. The van der Waals surface area contributed by atoms with Crippen molar-refractivity contribution in [3.05, 3.63) is 72.3 Å². The number of nitrogens with two attached hydrogens (primary N) is 1. The molecule has 0 radical (unpaired) electrons. The molecule has 23 heavy (non-hydrogen) atoms. The average molecular weight is 309 g/mol. The summed E-state index contributed by atoms with van der Waals surface area (Å²) in [5.41, 5.74) is 9.76. The quantitative estimate of drug-likeness (QED) is 0.645. The minimum absolute atomic E-state index is 0.103. The van der Waals surface area contributed by atoms with Gasteiger partial charge >= 0.3 is 5.97 Å². The van der Waals surface area contributed by atoms with E-state index in [9.17, 15) is 4.79 Å². The molecule has 0 spiro atoms. The van der Waals surface area contributed by atoms with Crippen molar-refractivity contribution in [1.29, 1.82) is 0 Å². The van der Waals surface area contributed by atoms with Crippen molar-refractivity contribution >= 4 is 5.97 Å². The number of hydrogen-bond donors (Lipinski definition) is 1. The van der Waals surface area contributed by atoms with Crippen molar-refractivity contribution in [3.8, 4) is 11.1 Å². The van der Waals surface area contributed by atoms with Gasteiger partial charge in [-0.1, -0.05) is 73.7 Å². The first-order valence-electron chi connectivity index (χ1n) is 7.76. The van der Waals surface area contributed by atoms with Crippen LogP contribution in [0.5, 0.6) is 0 Å². The van der Waals surface area contributed by atoms with E-state index in [-0.39, 0.29) is 24.3 Å². The van der Waals surface area contributed by atoms with Gasteiger partial charge in [0.2, 0.25) is 0 Å². The maximum absolute atomic E-state index is 11.1. The van der Waals surface area contributed by atoms with Crippen LogP contribution in [0.15, 0.2) is 66.7 Å². The summed E-state index contributed by atoms with van der Waals surface area (Å²) in [7, 11) is 1.39. The summed E-state index contributed by atoms with van der Waals surface area (Å²) >= 11 is 0. The first kappa shape index (κ1) is 17.0. The fourth-order valence-corrected chi connectivity index (χ4v) is 2.41. The Morgan fingerprint density at radius 3 is 2.30 bits per heavy atom. The molecule has 3 nitrogen and oxygen atoms in total.